The van der Waals surface area contributed by atoms with Crippen LogP contribution >= 0.6 is 15.9 Å². The van der Waals surface area contributed by atoms with E-state index in [0.29, 0.717) is 64.7 Å². The maximum Gasteiger partial charge on any atom is 0.261 e. The molecule has 2 aromatic carbocycles. The minimum Gasteiger partial charge on any atom is -0.333 e. The van der Waals surface area contributed by atoms with Crippen LogP contribution in [0.3, 0.4) is 0 Å². The summed E-state index contributed by atoms with van der Waals surface area (Å²) in [5.74, 6) is -1.62. The van der Waals surface area contributed by atoms with Crippen LogP contribution in [0.5, 0.6) is 0 Å². The Labute approximate surface area is 360 Å². The highest BCUT2D eigenvalue weighted by atomic mass is 79.9. The molecule has 0 spiro atoms. The molecule has 0 atom stereocenters. The topological polar surface area (TPSA) is 162 Å². The molecule has 0 bridgehead atoms. The van der Waals surface area contributed by atoms with Crippen molar-refractivity contribution in [1.82, 2.24) is 39.6 Å². The van der Waals surface area contributed by atoms with E-state index in [9.17, 15) is 37.5 Å². The summed E-state index contributed by atoms with van der Waals surface area (Å²) >= 11 is 3.10. The van der Waals surface area contributed by atoms with Crippen LogP contribution in [0.25, 0.3) is 0 Å². The summed E-state index contributed by atoms with van der Waals surface area (Å²) in [7, 11) is 0. The van der Waals surface area contributed by atoms with Gasteiger partial charge in [0.15, 0.2) is 0 Å². The van der Waals surface area contributed by atoms with Gasteiger partial charge in [0.1, 0.15) is 0 Å². The Bertz CT molecular complexity index is 2390. The number of hydrogen-bond donors (Lipinski definition) is 1. The molecule has 2 aromatic heterocycles. The van der Waals surface area contributed by atoms with Crippen molar-refractivity contribution < 1.29 is 37.5 Å². The van der Waals surface area contributed by atoms with Crippen molar-refractivity contribution in [2.24, 2.45) is 0 Å². The van der Waals surface area contributed by atoms with Gasteiger partial charge in [0.25, 0.3) is 35.4 Å². The van der Waals surface area contributed by atoms with E-state index < -0.39 is 11.8 Å². The predicted octanol–water partition coefficient (Wildman–Crippen LogP) is 6.57. The number of imide groups is 2. The van der Waals surface area contributed by atoms with Gasteiger partial charge >= 0.3 is 0 Å². The fourth-order valence-electron chi connectivity index (χ4n) is 7.41. The van der Waals surface area contributed by atoms with Crippen molar-refractivity contribution in [3.63, 3.8) is 0 Å². The molecule has 320 valence electrons. The fourth-order valence-corrected chi connectivity index (χ4v) is 7.71. The number of aromatic nitrogens is 4. The lowest BCUT2D eigenvalue weighted by molar-refractivity contribution is 0.0551. The fraction of sp³-hybridized carbons (Fsp3) is 0.364. The van der Waals surface area contributed by atoms with Gasteiger partial charge in [-0.1, -0.05) is 40.2 Å². The third-order valence-corrected chi connectivity index (χ3v) is 11.3. The molecule has 0 aliphatic carbocycles. The number of carbonyl (C=O) groups is 6. The average Bonchev–Trinajstić information content (AvgIpc) is 3.99. The molecule has 4 aromatic rings. The lowest BCUT2D eigenvalue weighted by Gasteiger charge is -2.37. The third-order valence-electron chi connectivity index (χ3n) is 10.6. The molecule has 1 N–H and O–H groups in total. The average molecular weight is 902 g/mol. The first-order valence-corrected chi connectivity index (χ1v) is 20.8. The zero-order valence-electron chi connectivity index (χ0n) is 34.8. The predicted molar refractivity (Wildman–Crippen MR) is 226 cm³/mol. The summed E-state index contributed by atoms with van der Waals surface area (Å²) in [4.78, 5) is 79.5. The van der Waals surface area contributed by atoms with Crippen LogP contribution in [0, 0.1) is 0 Å². The Kier molecular flexibility index (Phi) is 13.0. The van der Waals surface area contributed by atoms with Crippen LogP contribution in [-0.2, 0) is 19.4 Å². The number of H-pyrrole nitrogens is 1. The Morgan fingerprint density at radius 1 is 0.639 bits per heavy atom. The minimum absolute atomic E-state index is 0.0197. The Morgan fingerprint density at radius 2 is 1.08 bits per heavy atom. The summed E-state index contributed by atoms with van der Waals surface area (Å²) in [5, 5.41) is 11.5. The number of halogens is 3. The summed E-state index contributed by atoms with van der Waals surface area (Å²) in [6, 6.07) is 13.1. The van der Waals surface area contributed by atoms with Gasteiger partial charge in [0.2, 0.25) is 0 Å². The first-order valence-electron chi connectivity index (χ1n) is 19.6. The second kappa shape index (κ2) is 17.9. The van der Waals surface area contributed by atoms with Gasteiger partial charge in [-0.05, 0) is 77.0 Å². The van der Waals surface area contributed by atoms with E-state index in [1.165, 1.54) is 4.68 Å². The molecular weight excluding hydrogens is 854 g/mol. The number of aromatic amines is 1. The van der Waals surface area contributed by atoms with Crippen molar-refractivity contribution in [3.05, 3.63) is 129 Å². The molecule has 0 saturated carbocycles. The van der Waals surface area contributed by atoms with Crippen LogP contribution < -0.4 is 0 Å². The van der Waals surface area contributed by atoms with Gasteiger partial charge in [0.05, 0.1) is 77.6 Å². The summed E-state index contributed by atoms with van der Waals surface area (Å²) < 4.78 is 27.6. The van der Waals surface area contributed by atoms with Gasteiger partial charge < -0.3 is 9.80 Å². The Balaban J connectivity index is 0.000000169. The normalized spacial score (nSPS) is 16.5. The Morgan fingerprint density at radius 3 is 1.52 bits per heavy atom. The second-order valence-electron chi connectivity index (χ2n) is 16.9. The second-order valence-corrected chi connectivity index (χ2v) is 17.4. The number of rotatable bonds is 7. The van der Waals surface area contributed by atoms with E-state index in [2.05, 4.69) is 52.0 Å². The number of nitrogens with zero attached hydrogens (tertiary/aromatic N) is 7. The number of benzene rings is 2. The maximum atomic E-state index is 13.6. The Hall–Kier alpha value is -6.10. The number of nitrogens with one attached hydrogen (secondary N) is 1. The molecule has 0 radical (unpaired) electrons. The van der Waals surface area contributed by atoms with Crippen LogP contribution in [0.15, 0.2) is 84.7 Å². The van der Waals surface area contributed by atoms with Gasteiger partial charge in [0, 0.05) is 54.2 Å². The largest absolute Gasteiger partial charge is 0.333 e. The quantitative estimate of drug-likeness (QED) is 0.161. The molecule has 17 heteroatoms. The van der Waals surface area contributed by atoms with E-state index in [1.54, 1.807) is 65.8 Å². The van der Waals surface area contributed by atoms with Gasteiger partial charge in [-0.3, -0.25) is 48.3 Å². The SMILES string of the molecule is CC(C)(C)N1CCc2[nH]ncc2C1=O.CC(C)(C)N1CCc2nn(C/C(=C/F)CN3C(=O)c4ccccc4C3=O)cc2C1=O.O=C1c2ccccc2C(=O)N1C/C(=C\F)CBr. The molecular formula is C44H47BrF2N8O6. The first-order chi connectivity index (χ1) is 28.9. The van der Waals surface area contributed by atoms with E-state index in [-0.39, 0.29) is 65.2 Å². The zero-order chi connectivity index (χ0) is 44.4. The van der Waals surface area contributed by atoms with Crippen LogP contribution in [-0.4, -0.2) is 118 Å². The zero-order valence-corrected chi connectivity index (χ0v) is 36.4. The standard InChI is InChI=1S/C22H23FN4O3.C12H9BrFNO2.C10H15N3O/c1-22(2,3)27-9-8-18-17(21(27)30)13-25(24-18)11-14(10-23)12-26-19(28)15-6-4-5-7-16(15)20(26)29;13-5-8(6-14)7-15-11(16)9-3-1-2-4-10(9)12(15)17;1-10(2,3)13-5-4-8-7(9(13)14)6-11-12-8/h4-7,10,13H,8-9,11-12H2,1-3H3;1-4,6H,5,7H2;6H,4-5H2,1-3H3,(H,11,12)/b14-10-;8-6-;. The van der Waals surface area contributed by atoms with Crippen LogP contribution in [0.1, 0.15) is 115 Å². The third kappa shape index (κ3) is 9.16. The smallest absolute Gasteiger partial charge is 0.261 e. The molecule has 0 unspecified atom stereocenters. The van der Waals surface area contributed by atoms with Gasteiger partial charge in [-0.15, -0.1) is 0 Å². The van der Waals surface area contributed by atoms with Crippen molar-refractivity contribution in [1.29, 1.82) is 0 Å². The monoisotopic (exact) mass is 900 g/mol. The van der Waals surface area contributed by atoms with E-state index >= 15 is 0 Å². The number of amides is 6. The lowest BCUT2D eigenvalue weighted by atomic mass is 9.99. The highest BCUT2D eigenvalue weighted by molar-refractivity contribution is 9.09. The summed E-state index contributed by atoms with van der Waals surface area (Å²) in [6.45, 7) is 13.3. The number of alkyl halides is 1. The van der Waals surface area contributed by atoms with E-state index in [4.69, 9.17) is 0 Å². The van der Waals surface area contributed by atoms with Gasteiger partial charge in [-0.25, -0.2) is 8.78 Å². The molecule has 14 nitrogen and oxygen atoms in total. The molecule has 0 fully saturated rings. The number of fused-ring (bicyclic) bond motifs is 4. The summed E-state index contributed by atoms with van der Waals surface area (Å²) in [5.41, 5.74) is 4.44. The molecule has 4 aliphatic heterocycles. The van der Waals surface area contributed by atoms with Crippen molar-refractivity contribution in [2.75, 3.05) is 31.5 Å². The number of carbonyl (C=O) groups excluding carboxylic acids is 6. The molecule has 6 amide bonds. The highest BCUT2D eigenvalue weighted by Gasteiger charge is 2.38. The minimum atomic E-state index is -0.439. The highest BCUT2D eigenvalue weighted by Crippen LogP contribution is 2.28. The lowest BCUT2D eigenvalue weighted by Crippen LogP contribution is -2.49. The van der Waals surface area contributed by atoms with E-state index in [0.717, 1.165) is 34.0 Å². The van der Waals surface area contributed by atoms with Crippen molar-refractivity contribution >= 4 is 51.4 Å². The van der Waals surface area contributed by atoms with Crippen LogP contribution in [0.4, 0.5) is 8.78 Å². The number of hydrogen-bond acceptors (Lipinski definition) is 8. The molecule has 61 heavy (non-hydrogen) atoms. The van der Waals surface area contributed by atoms with Crippen LogP contribution in [0.2, 0.25) is 0 Å². The summed E-state index contributed by atoms with van der Waals surface area (Å²) in [6.07, 6.45) is 5.54. The van der Waals surface area contributed by atoms with E-state index in [1.807, 2.05) is 25.7 Å². The van der Waals surface area contributed by atoms with Crippen molar-refractivity contribution in [2.45, 2.75) is 72.0 Å². The van der Waals surface area contributed by atoms with Crippen molar-refractivity contribution in [3.8, 4) is 0 Å². The van der Waals surface area contributed by atoms with Gasteiger partial charge in [-0.2, -0.15) is 10.2 Å². The molecule has 0 saturated heterocycles. The molecule has 4 aliphatic rings. The molecule has 6 heterocycles. The maximum absolute atomic E-state index is 13.6. The molecule has 8 rings (SSSR count). The first kappa shape index (κ1) is 44.5.